The zero-order valence-electron chi connectivity index (χ0n) is 22.0. The average molecular weight is 468 g/mol. The van der Waals surface area contributed by atoms with Crippen LogP contribution in [0.4, 0.5) is 0 Å². The van der Waals surface area contributed by atoms with Crippen LogP contribution in [-0.4, -0.2) is 31.0 Å². The summed E-state index contributed by atoms with van der Waals surface area (Å²) < 4.78 is 5.82. The molecule has 2 aliphatic rings. The van der Waals surface area contributed by atoms with Gasteiger partial charge < -0.3 is 9.64 Å². The molecule has 1 aromatic rings. The summed E-state index contributed by atoms with van der Waals surface area (Å²) in [6.45, 7) is 6.90. The maximum absolute atomic E-state index is 11.5. The molecule has 1 aromatic carbocycles. The summed E-state index contributed by atoms with van der Waals surface area (Å²) >= 11 is 0. The number of unbranched alkanes of at least 4 members (excludes halogenated alkanes) is 2. The number of likely N-dealkylation sites (N-methyl/N-ethyl adjacent to an activating group) is 1. The zero-order valence-corrected chi connectivity index (χ0v) is 22.0. The molecule has 0 aliphatic heterocycles. The van der Waals surface area contributed by atoms with E-state index >= 15 is 0 Å². The quantitative estimate of drug-likeness (QED) is 0.216. The van der Waals surface area contributed by atoms with E-state index in [9.17, 15) is 4.79 Å². The summed E-state index contributed by atoms with van der Waals surface area (Å²) in [5, 5.41) is 0. The summed E-state index contributed by atoms with van der Waals surface area (Å²) in [6.07, 6.45) is 21.5. The van der Waals surface area contributed by atoms with Gasteiger partial charge in [-0.05, 0) is 73.1 Å². The second-order valence-electron chi connectivity index (χ2n) is 11.1. The van der Waals surface area contributed by atoms with Crippen LogP contribution in [0.25, 0.3) is 0 Å². The van der Waals surface area contributed by atoms with E-state index in [1.165, 1.54) is 102 Å². The van der Waals surface area contributed by atoms with Gasteiger partial charge in [0.15, 0.2) is 0 Å². The maximum atomic E-state index is 11.5. The Labute approximate surface area is 209 Å². The van der Waals surface area contributed by atoms with E-state index in [0.717, 1.165) is 23.5 Å². The highest BCUT2D eigenvalue weighted by Gasteiger charge is 2.25. The second-order valence-corrected chi connectivity index (χ2v) is 11.1. The highest BCUT2D eigenvalue weighted by atomic mass is 16.5. The lowest BCUT2D eigenvalue weighted by Gasteiger charge is -2.32. The van der Waals surface area contributed by atoms with Gasteiger partial charge in [0, 0.05) is 7.05 Å². The van der Waals surface area contributed by atoms with Gasteiger partial charge in [-0.2, -0.15) is 0 Å². The van der Waals surface area contributed by atoms with Crippen molar-refractivity contribution in [2.75, 3.05) is 20.2 Å². The number of carbonyl (C=O) groups excluding carboxylic acids is 1. The van der Waals surface area contributed by atoms with Gasteiger partial charge in [0.05, 0.1) is 6.54 Å². The molecule has 1 amide bonds. The molecule has 0 heterocycles. The number of rotatable bonds is 13. The minimum absolute atomic E-state index is 0.0697. The summed E-state index contributed by atoms with van der Waals surface area (Å²) in [4.78, 5) is 13.1. The van der Waals surface area contributed by atoms with Crippen molar-refractivity contribution in [3.8, 4) is 5.75 Å². The van der Waals surface area contributed by atoms with E-state index in [1.54, 1.807) is 11.9 Å². The van der Waals surface area contributed by atoms with Gasteiger partial charge in [0.1, 0.15) is 12.4 Å². The van der Waals surface area contributed by atoms with Crippen LogP contribution in [0, 0.1) is 17.8 Å². The minimum Gasteiger partial charge on any atom is -0.492 e. The van der Waals surface area contributed by atoms with Gasteiger partial charge in [-0.3, -0.25) is 4.79 Å². The number of ether oxygens (including phenoxy) is 1. The van der Waals surface area contributed by atoms with E-state index in [1.807, 2.05) is 0 Å². The number of benzene rings is 1. The molecule has 0 spiro atoms. The van der Waals surface area contributed by atoms with E-state index in [-0.39, 0.29) is 5.91 Å². The fourth-order valence-corrected chi connectivity index (χ4v) is 6.15. The Kier molecular flexibility index (Phi) is 11.5. The molecular formula is C31H49NO2. The van der Waals surface area contributed by atoms with Gasteiger partial charge >= 0.3 is 0 Å². The van der Waals surface area contributed by atoms with E-state index in [2.05, 4.69) is 37.8 Å². The first-order valence-electron chi connectivity index (χ1n) is 14.2. The van der Waals surface area contributed by atoms with Crippen molar-refractivity contribution in [1.82, 2.24) is 4.90 Å². The van der Waals surface area contributed by atoms with Crippen LogP contribution in [-0.2, 0) is 4.79 Å². The Bertz CT molecular complexity index is 711. The average Bonchev–Trinajstić information content (AvgIpc) is 2.88. The van der Waals surface area contributed by atoms with Crippen LogP contribution in [0.15, 0.2) is 36.9 Å². The van der Waals surface area contributed by atoms with Crippen molar-refractivity contribution in [2.24, 2.45) is 17.8 Å². The van der Waals surface area contributed by atoms with Crippen LogP contribution in [0.2, 0.25) is 0 Å². The number of hydrogen-bond acceptors (Lipinski definition) is 2. The predicted octanol–water partition coefficient (Wildman–Crippen LogP) is 8.15. The van der Waals surface area contributed by atoms with Crippen molar-refractivity contribution >= 4 is 5.91 Å². The molecule has 3 rings (SSSR count). The Morgan fingerprint density at radius 1 is 0.912 bits per heavy atom. The van der Waals surface area contributed by atoms with Crippen LogP contribution in [0.5, 0.6) is 5.75 Å². The molecule has 0 atom stereocenters. The van der Waals surface area contributed by atoms with Crippen LogP contribution < -0.4 is 4.74 Å². The van der Waals surface area contributed by atoms with Gasteiger partial charge in [-0.15, -0.1) is 0 Å². The number of carbonyl (C=O) groups is 1. The summed E-state index contributed by atoms with van der Waals surface area (Å²) in [5.41, 5.74) is 1.46. The van der Waals surface area contributed by atoms with E-state index < -0.39 is 0 Å². The standard InChI is InChI=1S/C31H49NO2/c1-4-6-7-8-25-9-11-26(12-10-25)13-14-27-15-17-28(18-16-27)29-19-21-30(22-20-29)34-24-23-32(3)31(33)5-2/h5,19-22,25-28H,2,4,6-18,23-24H2,1,3H3. The monoisotopic (exact) mass is 467 g/mol. The Hall–Kier alpha value is -1.77. The molecule has 2 aliphatic carbocycles. The zero-order chi connectivity index (χ0) is 24.2. The molecule has 3 nitrogen and oxygen atoms in total. The van der Waals surface area contributed by atoms with Crippen molar-refractivity contribution < 1.29 is 9.53 Å². The summed E-state index contributed by atoms with van der Waals surface area (Å²) in [7, 11) is 1.77. The van der Waals surface area contributed by atoms with Crippen molar-refractivity contribution in [3.05, 3.63) is 42.5 Å². The van der Waals surface area contributed by atoms with Gasteiger partial charge in [0.25, 0.3) is 0 Å². The van der Waals surface area contributed by atoms with Crippen molar-refractivity contribution in [2.45, 2.75) is 103 Å². The minimum atomic E-state index is -0.0697. The smallest absolute Gasteiger partial charge is 0.245 e. The third-order valence-corrected chi connectivity index (χ3v) is 8.61. The molecule has 0 bridgehead atoms. The first kappa shape index (κ1) is 26.8. The predicted molar refractivity (Wildman–Crippen MR) is 143 cm³/mol. The topological polar surface area (TPSA) is 29.5 Å². The molecule has 3 heteroatoms. The lowest BCUT2D eigenvalue weighted by molar-refractivity contribution is -0.125. The van der Waals surface area contributed by atoms with E-state index in [4.69, 9.17) is 4.74 Å². The van der Waals surface area contributed by atoms with Gasteiger partial charge in [-0.1, -0.05) is 89.8 Å². The first-order chi connectivity index (χ1) is 16.6. The third-order valence-electron chi connectivity index (χ3n) is 8.61. The number of amides is 1. The van der Waals surface area contributed by atoms with Gasteiger partial charge in [0.2, 0.25) is 5.91 Å². The fourth-order valence-electron chi connectivity index (χ4n) is 6.15. The number of hydrogen-bond donors (Lipinski definition) is 0. The molecule has 2 fully saturated rings. The third kappa shape index (κ3) is 8.78. The summed E-state index contributed by atoms with van der Waals surface area (Å²) in [6, 6.07) is 8.68. The molecule has 190 valence electrons. The lowest BCUT2D eigenvalue weighted by atomic mass is 9.74. The Morgan fingerprint density at radius 3 is 2.03 bits per heavy atom. The van der Waals surface area contributed by atoms with Crippen LogP contribution in [0.3, 0.4) is 0 Å². The lowest BCUT2D eigenvalue weighted by Crippen LogP contribution is -2.29. The molecule has 2 saturated carbocycles. The van der Waals surface area contributed by atoms with Gasteiger partial charge in [-0.25, -0.2) is 0 Å². The van der Waals surface area contributed by atoms with Crippen molar-refractivity contribution in [1.29, 1.82) is 0 Å². The van der Waals surface area contributed by atoms with Crippen molar-refractivity contribution in [3.63, 3.8) is 0 Å². The molecule has 0 saturated heterocycles. The Morgan fingerprint density at radius 2 is 1.47 bits per heavy atom. The molecule has 0 unspecified atom stereocenters. The fraction of sp³-hybridized carbons (Fsp3) is 0.710. The maximum Gasteiger partial charge on any atom is 0.245 e. The second kappa shape index (κ2) is 14.6. The largest absolute Gasteiger partial charge is 0.492 e. The SMILES string of the molecule is C=CC(=O)N(C)CCOc1ccc(C2CCC(CCC3CCC(CCCCC)CC3)CC2)cc1. The molecular weight excluding hydrogens is 418 g/mol. The highest BCUT2D eigenvalue weighted by molar-refractivity contribution is 5.86. The highest BCUT2D eigenvalue weighted by Crippen LogP contribution is 2.40. The van der Waals surface area contributed by atoms with Crippen LogP contribution >= 0.6 is 0 Å². The van der Waals surface area contributed by atoms with Crippen LogP contribution in [0.1, 0.15) is 108 Å². The summed E-state index contributed by atoms with van der Waals surface area (Å²) in [5.74, 6) is 4.54. The molecule has 0 radical (unpaired) electrons. The molecule has 0 aromatic heterocycles. The molecule has 34 heavy (non-hydrogen) atoms. The normalized spacial score (nSPS) is 25.0. The van der Waals surface area contributed by atoms with E-state index in [0.29, 0.717) is 19.1 Å². The Balaban J connectivity index is 1.30. The first-order valence-corrected chi connectivity index (χ1v) is 14.2. The number of nitrogens with zero attached hydrogens (tertiary/aromatic N) is 1. The molecule has 0 N–H and O–H groups in total.